The first-order chi connectivity index (χ1) is 8.39. The van der Waals surface area contributed by atoms with Gasteiger partial charge in [0, 0.05) is 13.7 Å². The molecule has 1 heterocycles. The molecule has 3 N–H and O–H groups in total. The fourth-order valence-corrected chi connectivity index (χ4v) is 1.67. The lowest BCUT2D eigenvalue weighted by Gasteiger charge is -2.34. The maximum absolute atomic E-state index is 12.1. The minimum Gasteiger partial charge on any atom is -0.409 e. The Bertz CT molecular complexity index is 330. The molecule has 1 fully saturated rings. The van der Waals surface area contributed by atoms with E-state index in [0.29, 0.717) is 19.7 Å². The van der Waals surface area contributed by atoms with E-state index in [-0.39, 0.29) is 18.2 Å². The Labute approximate surface area is 107 Å². The van der Waals surface area contributed by atoms with Crippen LogP contribution in [0.4, 0.5) is 0 Å². The van der Waals surface area contributed by atoms with E-state index in [4.69, 9.17) is 20.4 Å². The SMILES string of the molecule is COC(C)(C)CC(=O)N1CCOC(C(N)=NO)C1. The van der Waals surface area contributed by atoms with E-state index in [1.54, 1.807) is 12.0 Å². The molecule has 0 radical (unpaired) electrons. The zero-order valence-electron chi connectivity index (χ0n) is 11.0. The molecule has 7 heteroatoms. The molecule has 1 aliphatic heterocycles. The molecule has 18 heavy (non-hydrogen) atoms. The smallest absolute Gasteiger partial charge is 0.225 e. The third-order valence-corrected chi connectivity index (χ3v) is 2.99. The first kappa shape index (κ1) is 14.7. The van der Waals surface area contributed by atoms with Crippen LogP contribution in [0.15, 0.2) is 5.16 Å². The number of rotatable bonds is 4. The number of hydrogen-bond donors (Lipinski definition) is 2. The summed E-state index contributed by atoms with van der Waals surface area (Å²) in [6.45, 7) is 4.89. The van der Waals surface area contributed by atoms with Crippen molar-refractivity contribution in [3.8, 4) is 0 Å². The van der Waals surface area contributed by atoms with Gasteiger partial charge >= 0.3 is 0 Å². The predicted octanol–water partition coefficient (Wildman–Crippen LogP) is -0.225. The Kier molecular flexibility index (Phi) is 4.92. The number of hydrogen-bond acceptors (Lipinski definition) is 5. The summed E-state index contributed by atoms with van der Waals surface area (Å²) in [6.07, 6.45) is -0.259. The Morgan fingerprint density at radius 2 is 2.33 bits per heavy atom. The highest BCUT2D eigenvalue weighted by atomic mass is 16.5. The van der Waals surface area contributed by atoms with Crippen LogP contribution in [-0.4, -0.2) is 60.4 Å². The zero-order valence-corrected chi connectivity index (χ0v) is 11.0. The lowest BCUT2D eigenvalue weighted by molar-refractivity contribution is -0.141. The Balaban J connectivity index is 2.59. The number of ether oxygens (including phenoxy) is 2. The third-order valence-electron chi connectivity index (χ3n) is 2.99. The normalized spacial score (nSPS) is 22.1. The minimum absolute atomic E-state index is 0.0153. The molecule has 0 spiro atoms. The van der Waals surface area contributed by atoms with Crippen LogP contribution in [0.3, 0.4) is 0 Å². The summed E-state index contributed by atoms with van der Waals surface area (Å²) in [5.74, 6) is -0.0422. The number of methoxy groups -OCH3 is 1. The molecule has 1 rings (SSSR count). The van der Waals surface area contributed by atoms with Gasteiger partial charge in [-0.2, -0.15) is 0 Å². The fraction of sp³-hybridized carbons (Fsp3) is 0.818. The molecule has 1 saturated heterocycles. The molecule has 1 atom stereocenters. The highest BCUT2D eigenvalue weighted by Gasteiger charge is 2.30. The van der Waals surface area contributed by atoms with Gasteiger partial charge < -0.3 is 25.3 Å². The van der Waals surface area contributed by atoms with Crippen molar-refractivity contribution in [2.45, 2.75) is 32.0 Å². The molecule has 0 aromatic carbocycles. The fourth-order valence-electron chi connectivity index (χ4n) is 1.67. The standard InChI is InChI=1S/C11H21N3O4/c1-11(2,17-3)6-9(15)14-4-5-18-8(7-14)10(12)13-16/h8,16H,4-7H2,1-3H3,(H2,12,13). The molecule has 0 aromatic rings. The molecular formula is C11H21N3O4. The number of amidine groups is 1. The van der Waals surface area contributed by atoms with Crippen molar-refractivity contribution in [3.63, 3.8) is 0 Å². The Hall–Kier alpha value is -1.34. The third kappa shape index (κ3) is 3.85. The van der Waals surface area contributed by atoms with Crippen molar-refractivity contribution in [2.75, 3.05) is 26.8 Å². The number of morpholine rings is 1. The maximum atomic E-state index is 12.1. The van der Waals surface area contributed by atoms with Gasteiger partial charge in [-0.3, -0.25) is 4.79 Å². The van der Waals surface area contributed by atoms with Crippen molar-refractivity contribution in [1.29, 1.82) is 0 Å². The number of oxime groups is 1. The van der Waals surface area contributed by atoms with Crippen LogP contribution < -0.4 is 5.73 Å². The first-order valence-electron chi connectivity index (χ1n) is 5.81. The highest BCUT2D eigenvalue weighted by Crippen LogP contribution is 2.16. The highest BCUT2D eigenvalue weighted by molar-refractivity contribution is 5.86. The van der Waals surface area contributed by atoms with E-state index in [2.05, 4.69) is 5.16 Å². The molecule has 1 aliphatic rings. The number of carbonyl (C=O) groups excluding carboxylic acids is 1. The summed E-state index contributed by atoms with van der Waals surface area (Å²) in [7, 11) is 1.58. The molecule has 0 saturated carbocycles. The van der Waals surface area contributed by atoms with Crippen LogP contribution in [0, 0.1) is 0 Å². The van der Waals surface area contributed by atoms with E-state index in [0.717, 1.165) is 0 Å². The number of nitrogens with two attached hydrogens (primary N) is 1. The predicted molar refractivity (Wildman–Crippen MR) is 65.4 cm³/mol. The van der Waals surface area contributed by atoms with Gasteiger partial charge in [0.2, 0.25) is 5.91 Å². The van der Waals surface area contributed by atoms with Gasteiger partial charge in [0.25, 0.3) is 0 Å². The van der Waals surface area contributed by atoms with Crippen LogP contribution in [0.2, 0.25) is 0 Å². The van der Waals surface area contributed by atoms with Crippen LogP contribution in [-0.2, 0) is 14.3 Å². The number of carbonyl (C=O) groups is 1. The van der Waals surface area contributed by atoms with Gasteiger partial charge in [-0.15, -0.1) is 0 Å². The second-order valence-corrected chi connectivity index (χ2v) is 4.86. The summed E-state index contributed by atoms with van der Waals surface area (Å²) in [4.78, 5) is 13.7. The average Bonchev–Trinajstić information content (AvgIpc) is 2.37. The molecule has 1 amide bonds. The largest absolute Gasteiger partial charge is 0.409 e. The summed E-state index contributed by atoms with van der Waals surface area (Å²) >= 11 is 0. The van der Waals surface area contributed by atoms with Crippen molar-refractivity contribution in [2.24, 2.45) is 10.9 Å². The topological polar surface area (TPSA) is 97.4 Å². The summed E-state index contributed by atoms with van der Waals surface area (Å²) in [5, 5.41) is 11.5. The van der Waals surface area contributed by atoms with E-state index < -0.39 is 11.7 Å². The van der Waals surface area contributed by atoms with Crippen molar-refractivity contribution >= 4 is 11.7 Å². The lowest BCUT2D eigenvalue weighted by Crippen LogP contribution is -2.51. The molecular weight excluding hydrogens is 238 g/mol. The number of amides is 1. The minimum atomic E-state index is -0.543. The molecule has 7 nitrogen and oxygen atoms in total. The van der Waals surface area contributed by atoms with Gasteiger partial charge in [0.05, 0.1) is 25.2 Å². The van der Waals surface area contributed by atoms with Crippen molar-refractivity contribution in [3.05, 3.63) is 0 Å². The van der Waals surface area contributed by atoms with Crippen LogP contribution in [0.25, 0.3) is 0 Å². The monoisotopic (exact) mass is 259 g/mol. The van der Waals surface area contributed by atoms with Crippen molar-refractivity contribution in [1.82, 2.24) is 4.90 Å². The van der Waals surface area contributed by atoms with Crippen LogP contribution in [0.1, 0.15) is 20.3 Å². The molecule has 0 bridgehead atoms. The van der Waals surface area contributed by atoms with E-state index in [1.807, 2.05) is 13.8 Å². The summed E-state index contributed by atoms with van der Waals surface area (Å²) in [6, 6.07) is 0. The van der Waals surface area contributed by atoms with Crippen molar-refractivity contribution < 1.29 is 19.5 Å². The Morgan fingerprint density at radius 3 is 2.89 bits per heavy atom. The Morgan fingerprint density at radius 1 is 1.67 bits per heavy atom. The van der Waals surface area contributed by atoms with E-state index in [1.165, 1.54) is 0 Å². The lowest BCUT2D eigenvalue weighted by atomic mass is 10.0. The number of nitrogens with zero attached hydrogens (tertiary/aromatic N) is 2. The second-order valence-electron chi connectivity index (χ2n) is 4.86. The first-order valence-corrected chi connectivity index (χ1v) is 5.81. The second kappa shape index (κ2) is 6.01. The van der Waals surface area contributed by atoms with Crippen LogP contribution in [0.5, 0.6) is 0 Å². The van der Waals surface area contributed by atoms with E-state index >= 15 is 0 Å². The summed E-state index contributed by atoms with van der Waals surface area (Å²) < 4.78 is 10.6. The molecule has 0 aromatic heterocycles. The van der Waals surface area contributed by atoms with Gasteiger partial charge in [0.15, 0.2) is 5.84 Å². The average molecular weight is 259 g/mol. The van der Waals surface area contributed by atoms with Gasteiger partial charge in [-0.05, 0) is 13.8 Å². The van der Waals surface area contributed by atoms with Gasteiger partial charge in [-0.25, -0.2) is 0 Å². The molecule has 1 unspecified atom stereocenters. The molecule has 104 valence electrons. The van der Waals surface area contributed by atoms with E-state index in [9.17, 15) is 4.79 Å². The van der Waals surface area contributed by atoms with Gasteiger partial charge in [-0.1, -0.05) is 5.16 Å². The maximum Gasteiger partial charge on any atom is 0.225 e. The van der Waals surface area contributed by atoms with Crippen LogP contribution >= 0.6 is 0 Å². The zero-order chi connectivity index (χ0) is 13.8. The molecule has 0 aliphatic carbocycles. The van der Waals surface area contributed by atoms with Gasteiger partial charge in [0.1, 0.15) is 6.10 Å². The summed E-state index contributed by atoms with van der Waals surface area (Å²) in [5.41, 5.74) is 4.98. The quantitative estimate of drug-likeness (QED) is 0.315.